The molecular weight excluding hydrogens is 471 g/mol. The normalized spacial score (nSPS) is 12.1. The Balaban J connectivity index is 1.67. The standard InChI is InChI=1S/C23H22Cl2N2O4S/c1-3-16-7-4-5-10-21(16)31-15(2)23(28)26-17-11-13-18(14-12-17)32(29,30)27-20-9-6-8-19(24)22(20)25/h4-15,27H,3H2,1-2H3,(H,26,28). The van der Waals surface area contributed by atoms with Gasteiger partial charge in [-0.05, 0) is 61.4 Å². The highest BCUT2D eigenvalue weighted by Crippen LogP contribution is 2.31. The monoisotopic (exact) mass is 492 g/mol. The van der Waals surface area contributed by atoms with Gasteiger partial charge in [-0.15, -0.1) is 0 Å². The van der Waals surface area contributed by atoms with Crippen molar-refractivity contribution in [2.45, 2.75) is 31.3 Å². The van der Waals surface area contributed by atoms with Crippen molar-refractivity contribution in [3.05, 3.63) is 82.3 Å². The van der Waals surface area contributed by atoms with E-state index in [1.54, 1.807) is 19.1 Å². The molecule has 1 unspecified atom stereocenters. The summed E-state index contributed by atoms with van der Waals surface area (Å²) >= 11 is 12.0. The van der Waals surface area contributed by atoms with Crippen molar-refractivity contribution in [3.8, 4) is 5.75 Å². The molecule has 0 spiro atoms. The SMILES string of the molecule is CCc1ccccc1OC(C)C(=O)Nc1ccc(S(=O)(=O)Nc2cccc(Cl)c2Cl)cc1. The van der Waals surface area contributed by atoms with E-state index in [0.29, 0.717) is 11.4 Å². The third-order valence-corrected chi connectivity index (χ3v) is 6.85. The van der Waals surface area contributed by atoms with E-state index in [2.05, 4.69) is 10.0 Å². The van der Waals surface area contributed by atoms with Gasteiger partial charge in [-0.25, -0.2) is 8.42 Å². The number of rotatable bonds is 8. The van der Waals surface area contributed by atoms with Crippen LogP contribution in [0.25, 0.3) is 0 Å². The van der Waals surface area contributed by atoms with Gasteiger partial charge in [0.15, 0.2) is 6.10 Å². The summed E-state index contributed by atoms with van der Waals surface area (Å²) in [7, 11) is -3.89. The summed E-state index contributed by atoms with van der Waals surface area (Å²) in [6.45, 7) is 3.66. The van der Waals surface area contributed by atoms with Crippen LogP contribution in [0.2, 0.25) is 10.0 Å². The number of carbonyl (C=O) groups excluding carboxylic acids is 1. The van der Waals surface area contributed by atoms with Crippen molar-refractivity contribution in [3.63, 3.8) is 0 Å². The highest BCUT2D eigenvalue weighted by atomic mass is 35.5. The van der Waals surface area contributed by atoms with Gasteiger partial charge < -0.3 is 10.1 Å². The van der Waals surface area contributed by atoms with Crippen molar-refractivity contribution in [2.24, 2.45) is 0 Å². The molecule has 6 nitrogen and oxygen atoms in total. The lowest BCUT2D eigenvalue weighted by molar-refractivity contribution is -0.122. The lowest BCUT2D eigenvalue weighted by Gasteiger charge is -2.17. The molecule has 0 fully saturated rings. The number of amides is 1. The number of para-hydroxylation sites is 1. The zero-order chi connectivity index (χ0) is 23.3. The van der Waals surface area contributed by atoms with Gasteiger partial charge in [0.2, 0.25) is 0 Å². The number of aryl methyl sites for hydroxylation is 1. The topological polar surface area (TPSA) is 84.5 Å². The van der Waals surface area contributed by atoms with Crippen LogP contribution in [0.5, 0.6) is 5.75 Å². The van der Waals surface area contributed by atoms with E-state index >= 15 is 0 Å². The van der Waals surface area contributed by atoms with Crippen LogP contribution in [-0.2, 0) is 21.2 Å². The number of halogens is 2. The first kappa shape index (κ1) is 23.9. The second-order valence-corrected chi connectivity index (χ2v) is 9.41. The van der Waals surface area contributed by atoms with E-state index in [1.165, 1.54) is 30.3 Å². The molecule has 0 saturated carbocycles. The van der Waals surface area contributed by atoms with Crippen LogP contribution in [-0.4, -0.2) is 20.4 Å². The second-order valence-electron chi connectivity index (χ2n) is 6.94. The van der Waals surface area contributed by atoms with Gasteiger partial charge in [0.25, 0.3) is 15.9 Å². The lowest BCUT2D eigenvalue weighted by atomic mass is 10.1. The molecule has 1 atom stereocenters. The summed E-state index contributed by atoms with van der Waals surface area (Å²) in [5.74, 6) is 0.306. The Labute approximate surface area is 197 Å². The molecule has 0 bridgehead atoms. The lowest BCUT2D eigenvalue weighted by Crippen LogP contribution is -2.30. The molecule has 0 aliphatic rings. The quantitative estimate of drug-likeness (QED) is 0.418. The summed E-state index contributed by atoms with van der Waals surface area (Å²) in [6.07, 6.45) is 0.0484. The molecule has 32 heavy (non-hydrogen) atoms. The van der Waals surface area contributed by atoms with Crippen LogP contribution >= 0.6 is 23.2 Å². The predicted molar refractivity (Wildman–Crippen MR) is 128 cm³/mol. The Hall–Kier alpha value is -2.74. The molecule has 3 rings (SSSR count). The molecular formula is C23H22Cl2N2O4S. The maximum atomic E-state index is 12.7. The van der Waals surface area contributed by atoms with Gasteiger partial charge >= 0.3 is 0 Å². The van der Waals surface area contributed by atoms with E-state index in [9.17, 15) is 13.2 Å². The fourth-order valence-electron chi connectivity index (χ4n) is 2.90. The molecule has 3 aromatic carbocycles. The fraction of sp³-hybridized carbons (Fsp3) is 0.174. The number of nitrogens with one attached hydrogen (secondary N) is 2. The maximum Gasteiger partial charge on any atom is 0.265 e. The van der Waals surface area contributed by atoms with Crippen molar-refractivity contribution < 1.29 is 17.9 Å². The number of carbonyl (C=O) groups is 1. The molecule has 168 valence electrons. The Kier molecular flexibility index (Phi) is 7.66. The van der Waals surface area contributed by atoms with Crippen LogP contribution in [0, 0.1) is 0 Å². The van der Waals surface area contributed by atoms with Gasteiger partial charge in [0, 0.05) is 5.69 Å². The minimum atomic E-state index is -3.89. The van der Waals surface area contributed by atoms with Crippen molar-refractivity contribution in [1.29, 1.82) is 0 Å². The Bertz CT molecular complexity index is 1210. The third kappa shape index (κ3) is 5.73. The van der Waals surface area contributed by atoms with E-state index < -0.39 is 16.1 Å². The van der Waals surface area contributed by atoms with Crippen LogP contribution in [0.4, 0.5) is 11.4 Å². The average molecular weight is 493 g/mol. The molecule has 3 aromatic rings. The van der Waals surface area contributed by atoms with E-state index in [1.807, 2.05) is 31.2 Å². The smallest absolute Gasteiger partial charge is 0.265 e. The zero-order valence-corrected chi connectivity index (χ0v) is 19.8. The van der Waals surface area contributed by atoms with Crippen LogP contribution in [0.3, 0.4) is 0 Å². The van der Waals surface area contributed by atoms with Crippen molar-refractivity contribution >= 4 is 50.5 Å². The van der Waals surface area contributed by atoms with Crippen LogP contribution < -0.4 is 14.8 Å². The fourth-order valence-corrected chi connectivity index (χ4v) is 4.38. The van der Waals surface area contributed by atoms with Gasteiger partial charge in [0.1, 0.15) is 5.75 Å². The number of ether oxygens (including phenoxy) is 1. The van der Waals surface area contributed by atoms with Gasteiger partial charge in [0.05, 0.1) is 20.6 Å². The average Bonchev–Trinajstić information content (AvgIpc) is 2.77. The third-order valence-electron chi connectivity index (χ3n) is 4.65. The zero-order valence-electron chi connectivity index (χ0n) is 17.4. The Morgan fingerprint density at radius 3 is 2.38 bits per heavy atom. The maximum absolute atomic E-state index is 12.7. The first-order valence-corrected chi connectivity index (χ1v) is 12.1. The molecule has 0 aliphatic heterocycles. The first-order valence-electron chi connectivity index (χ1n) is 9.83. The van der Waals surface area contributed by atoms with Crippen molar-refractivity contribution in [1.82, 2.24) is 0 Å². The molecule has 1 amide bonds. The summed E-state index contributed by atoms with van der Waals surface area (Å²) in [5, 5.41) is 3.08. The van der Waals surface area contributed by atoms with E-state index in [0.717, 1.165) is 12.0 Å². The van der Waals surface area contributed by atoms with Crippen molar-refractivity contribution in [2.75, 3.05) is 10.0 Å². The summed E-state index contributed by atoms with van der Waals surface area (Å²) in [6, 6.07) is 18.0. The van der Waals surface area contributed by atoms with Crippen LogP contribution in [0.15, 0.2) is 71.6 Å². The predicted octanol–water partition coefficient (Wildman–Crippen LogP) is 5.76. The highest BCUT2D eigenvalue weighted by Gasteiger charge is 2.19. The molecule has 0 saturated heterocycles. The Morgan fingerprint density at radius 1 is 1.00 bits per heavy atom. The first-order chi connectivity index (χ1) is 15.2. The summed E-state index contributed by atoms with van der Waals surface area (Å²) < 4.78 is 33.5. The van der Waals surface area contributed by atoms with Crippen LogP contribution in [0.1, 0.15) is 19.4 Å². The minimum absolute atomic E-state index is 0.00714. The molecule has 0 radical (unpaired) electrons. The van der Waals surface area contributed by atoms with Gasteiger partial charge in [-0.3, -0.25) is 9.52 Å². The number of sulfonamides is 1. The van der Waals surface area contributed by atoms with E-state index in [4.69, 9.17) is 27.9 Å². The number of benzene rings is 3. The number of hydrogen-bond donors (Lipinski definition) is 2. The molecule has 0 heterocycles. The van der Waals surface area contributed by atoms with Gasteiger partial charge in [-0.1, -0.05) is 54.4 Å². The second kappa shape index (κ2) is 10.3. The summed E-state index contributed by atoms with van der Waals surface area (Å²) in [5.41, 5.74) is 1.62. The molecule has 0 aromatic heterocycles. The molecule has 0 aliphatic carbocycles. The largest absolute Gasteiger partial charge is 0.481 e. The summed E-state index contributed by atoms with van der Waals surface area (Å²) in [4.78, 5) is 12.5. The number of hydrogen-bond acceptors (Lipinski definition) is 4. The highest BCUT2D eigenvalue weighted by molar-refractivity contribution is 7.92. The Morgan fingerprint density at radius 2 is 1.69 bits per heavy atom. The van der Waals surface area contributed by atoms with Gasteiger partial charge in [-0.2, -0.15) is 0 Å². The minimum Gasteiger partial charge on any atom is -0.481 e. The molecule has 9 heteroatoms. The molecule has 2 N–H and O–H groups in total. The number of anilines is 2. The van der Waals surface area contributed by atoms with E-state index in [-0.39, 0.29) is 26.5 Å².